The lowest BCUT2D eigenvalue weighted by molar-refractivity contribution is 0.749. The molecule has 0 saturated heterocycles. The van der Waals surface area contributed by atoms with Gasteiger partial charge in [0.25, 0.3) is 0 Å². The third kappa shape index (κ3) is 5.92. The lowest BCUT2D eigenvalue weighted by atomic mass is 9.65. The fourth-order valence-corrected chi connectivity index (χ4v) is 15.6. The third-order valence-electron chi connectivity index (χ3n) is 18.8. The van der Waals surface area contributed by atoms with Crippen LogP contribution in [0.2, 0.25) is 0 Å². The molecule has 18 rings (SSSR count). The Morgan fingerprint density at radius 3 is 1.34 bits per heavy atom. The summed E-state index contributed by atoms with van der Waals surface area (Å²) in [6, 6.07) is 114. The van der Waals surface area contributed by atoms with E-state index in [4.69, 9.17) is 0 Å². The molecule has 2 heterocycles. The molecule has 0 saturated carbocycles. The molecule has 1 aliphatic heterocycles. The van der Waals surface area contributed by atoms with Crippen LogP contribution in [0, 0.1) is 0 Å². The first-order valence-corrected chi connectivity index (χ1v) is 28.7. The average Bonchev–Trinajstić information content (AvgIpc) is 1.62. The molecule has 2 nitrogen and oxygen atoms in total. The van der Waals surface area contributed by atoms with E-state index in [0.29, 0.717) is 0 Å². The molecule has 0 radical (unpaired) electrons. The second-order valence-electron chi connectivity index (χ2n) is 22.6. The van der Waals surface area contributed by atoms with Crippen LogP contribution in [-0.2, 0) is 10.8 Å². The SMILES string of the molecule is c1ccc(-c2ccc(-c3ccccc3N(c3ccc(-c4ccc5c(c4)C4(c6ccccc6-5)c5ccccc5-n5c6ccccc6c6cccc4c65)cc3)c3ccc4c(c3)C3(c5ccccc5-c5ccccc53)c3ccccc3-4)cc2)cc1. The number of hydrogen-bond acceptors (Lipinski definition) is 1. The molecule has 1 atom stereocenters. The van der Waals surface area contributed by atoms with Crippen molar-refractivity contribution in [2.24, 2.45) is 0 Å². The van der Waals surface area contributed by atoms with Crippen LogP contribution >= 0.6 is 0 Å². The molecule has 1 aromatic heterocycles. The zero-order valence-electron chi connectivity index (χ0n) is 44.8. The molecule has 0 fully saturated rings. The Morgan fingerprint density at radius 1 is 0.244 bits per heavy atom. The molecule has 2 heteroatoms. The minimum Gasteiger partial charge on any atom is -0.310 e. The molecule has 1 unspecified atom stereocenters. The molecule has 4 aliphatic rings. The van der Waals surface area contributed by atoms with Gasteiger partial charge in [-0.3, -0.25) is 0 Å². The molecule has 380 valence electrons. The van der Waals surface area contributed by atoms with E-state index < -0.39 is 10.8 Å². The van der Waals surface area contributed by atoms with Crippen molar-refractivity contribution in [1.29, 1.82) is 0 Å². The summed E-state index contributed by atoms with van der Waals surface area (Å²) in [5.41, 5.74) is 31.5. The van der Waals surface area contributed by atoms with Gasteiger partial charge in [-0.15, -0.1) is 0 Å². The number of hydrogen-bond donors (Lipinski definition) is 0. The van der Waals surface area contributed by atoms with Crippen LogP contribution in [0.1, 0.15) is 44.5 Å². The van der Waals surface area contributed by atoms with Gasteiger partial charge in [0.1, 0.15) is 0 Å². The maximum atomic E-state index is 2.53. The maximum absolute atomic E-state index is 2.53. The Bertz CT molecular complexity index is 4920. The van der Waals surface area contributed by atoms with Crippen molar-refractivity contribution in [3.05, 3.63) is 348 Å². The highest BCUT2D eigenvalue weighted by atomic mass is 15.1. The summed E-state index contributed by atoms with van der Waals surface area (Å²) in [5, 5.41) is 2.57. The summed E-state index contributed by atoms with van der Waals surface area (Å²) >= 11 is 0. The standard InChI is InChI=1S/C80H50N2/c1-2-19-51(20-3-1)52-37-39-54(40-38-52)58-21-8-15-34-75(58)81(57-46-48-64-62-25-6-12-30-69(62)79(74(64)50-57)67-28-10-4-22-59(67)60-23-5-11-29-68(60)79)56-44-41-53(42-45-56)55-43-47-63-61-24-7-13-31-70(61)80(73(63)49-55)71-32-14-17-36-77(71)82-76-35-16-9-26-65(76)66-27-18-33-72(80)78(66)82/h1-50H. The summed E-state index contributed by atoms with van der Waals surface area (Å²) in [5.74, 6) is 0. The largest absolute Gasteiger partial charge is 0.310 e. The number of para-hydroxylation sites is 4. The van der Waals surface area contributed by atoms with Crippen LogP contribution in [0.4, 0.5) is 17.1 Å². The van der Waals surface area contributed by atoms with Crippen LogP contribution in [0.5, 0.6) is 0 Å². The van der Waals surface area contributed by atoms with Crippen molar-refractivity contribution in [1.82, 2.24) is 4.57 Å². The highest BCUT2D eigenvalue weighted by molar-refractivity contribution is 6.13. The van der Waals surface area contributed by atoms with Gasteiger partial charge in [0.05, 0.1) is 33.2 Å². The molecule has 3 aliphatic carbocycles. The fourth-order valence-electron chi connectivity index (χ4n) is 15.6. The van der Waals surface area contributed by atoms with E-state index in [1.165, 1.54) is 128 Å². The third-order valence-corrected chi connectivity index (χ3v) is 18.8. The van der Waals surface area contributed by atoms with Crippen molar-refractivity contribution in [3.8, 4) is 72.4 Å². The van der Waals surface area contributed by atoms with Gasteiger partial charge >= 0.3 is 0 Å². The average molecular weight is 1040 g/mol. The quantitative estimate of drug-likeness (QED) is 0.161. The second kappa shape index (κ2) is 17.0. The first-order valence-electron chi connectivity index (χ1n) is 28.7. The van der Waals surface area contributed by atoms with E-state index in [2.05, 4.69) is 313 Å². The monoisotopic (exact) mass is 1040 g/mol. The molecule has 2 spiro atoms. The minimum absolute atomic E-state index is 0.483. The Labute approximate surface area is 476 Å². The molecule has 0 bridgehead atoms. The van der Waals surface area contributed by atoms with Gasteiger partial charge in [0, 0.05) is 27.7 Å². The highest BCUT2D eigenvalue weighted by Gasteiger charge is 2.53. The van der Waals surface area contributed by atoms with Gasteiger partial charge in [-0.2, -0.15) is 0 Å². The highest BCUT2D eigenvalue weighted by Crippen LogP contribution is 2.65. The van der Waals surface area contributed by atoms with Crippen molar-refractivity contribution >= 4 is 38.9 Å². The van der Waals surface area contributed by atoms with E-state index in [0.717, 1.165) is 28.2 Å². The zero-order chi connectivity index (χ0) is 53.7. The normalized spacial score (nSPS) is 15.0. The molecule has 0 N–H and O–H groups in total. The number of anilines is 3. The van der Waals surface area contributed by atoms with Gasteiger partial charge < -0.3 is 9.47 Å². The Morgan fingerprint density at radius 2 is 0.671 bits per heavy atom. The summed E-state index contributed by atoms with van der Waals surface area (Å²) < 4.78 is 2.53. The number of rotatable bonds is 6. The van der Waals surface area contributed by atoms with E-state index in [9.17, 15) is 0 Å². The predicted molar refractivity (Wildman–Crippen MR) is 339 cm³/mol. The van der Waals surface area contributed by atoms with Crippen LogP contribution in [0.25, 0.3) is 94.3 Å². The lowest BCUT2D eigenvalue weighted by Crippen LogP contribution is -2.33. The summed E-state index contributed by atoms with van der Waals surface area (Å²) in [7, 11) is 0. The molecule has 13 aromatic carbocycles. The summed E-state index contributed by atoms with van der Waals surface area (Å²) in [6.07, 6.45) is 0. The van der Waals surface area contributed by atoms with E-state index in [-0.39, 0.29) is 0 Å². The Hall–Kier alpha value is -10.5. The topological polar surface area (TPSA) is 8.17 Å². The van der Waals surface area contributed by atoms with Crippen LogP contribution < -0.4 is 4.90 Å². The van der Waals surface area contributed by atoms with Gasteiger partial charge in [0.15, 0.2) is 0 Å². The molecule has 14 aromatic rings. The fraction of sp³-hybridized carbons (Fsp3) is 0.0250. The van der Waals surface area contributed by atoms with Crippen molar-refractivity contribution in [3.63, 3.8) is 0 Å². The van der Waals surface area contributed by atoms with E-state index >= 15 is 0 Å². The van der Waals surface area contributed by atoms with Gasteiger partial charge in [-0.25, -0.2) is 0 Å². The van der Waals surface area contributed by atoms with Crippen LogP contribution in [0.3, 0.4) is 0 Å². The Balaban J connectivity index is 0.826. The summed E-state index contributed by atoms with van der Waals surface area (Å²) in [6.45, 7) is 0. The van der Waals surface area contributed by atoms with Crippen LogP contribution in [0.15, 0.2) is 303 Å². The minimum atomic E-state index is -0.535. The zero-order valence-corrected chi connectivity index (χ0v) is 44.8. The molecular weight excluding hydrogens is 989 g/mol. The maximum Gasteiger partial charge on any atom is 0.0754 e. The van der Waals surface area contributed by atoms with E-state index in [1.807, 2.05) is 0 Å². The van der Waals surface area contributed by atoms with Gasteiger partial charge in [-0.1, -0.05) is 255 Å². The van der Waals surface area contributed by atoms with Crippen molar-refractivity contribution in [2.45, 2.75) is 10.8 Å². The second-order valence-corrected chi connectivity index (χ2v) is 22.6. The lowest BCUT2D eigenvalue weighted by Gasteiger charge is -2.39. The number of nitrogens with zero attached hydrogens (tertiary/aromatic N) is 2. The number of aromatic nitrogens is 1. The van der Waals surface area contributed by atoms with Crippen LogP contribution in [-0.4, -0.2) is 4.57 Å². The first-order chi connectivity index (χ1) is 40.7. The van der Waals surface area contributed by atoms with E-state index in [1.54, 1.807) is 0 Å². The number of fused-ring (bicyclic) bond motifs is 22. The molecular formula is C80H50N2. The smallest absolute Gasteiger partial charge is 0.0754 e. The van der Waals surface area contributed by atoms with Gasteiger partial charge in [-0.05, 0) is 154 Å². The summed E-state index contributed by atoms with van der Waals surface area (Å²) in [4.78, 5) is 2.50. The van der Waals surface area contributed by atoms with Gasteiger partial charge in [0.2, 0.25) is 0 Å². The Kier molecular flexibility index (Phi) is 9.39. The number of benzene rings is 13. The first kappa shape index (κ1) is 45.3. The molecule has 0 amide bonds. The van der Waals surface area contributed by atoms with Crippen molar-refractivity contribution < 1.29 is 0 Å². The predicted octanol–water partition coefficient (Wildman–Crippen LogP) is 20.3. The van der Waals surface area contributed by atoms with Crippen molar-refractivity contribution in [2.75, 3.05) is 4.90 Å². The molecule has 82 heavy (non-hydrogen) atoms.